The predicted octanol–water partition coefficient (Wildman–Crippen LogP) is 2.63. The standard InChI is InChI=1S/C12H17F3N2O/c1-8(2)18-7-11(17-16)9-5-3-4-6-10(9)12(13,14)15/h3-6,8,11,17H,7,16H2,1-2H3. The molecule has 0 aliphatic heterocycles. The molecule has 1 aromatic carbocycles. The Kier molecular flexibility index (Phi) is 5.13. The van der Waals surface area contributed by atoms with Crippen molar-refractivity contribution in [1.82, 2.24) is 5.43 Å². The van der Waals surface area contributed by atoms with Gasteiger partial charge in [-0.25, -0.2) is 0 Å². The van der Waals surface area contributed by atoms with E-state index >= 15 is 0 Å². The van der Waals surface area contributed by atoms with Gasteiger partial charge in [0.1, 0.15) is 0 Å². The highest BCUT2D eigenvalue weighted by Crippen LogP contribution is 2.34. The van der Waals surface area contributed by atoms with Crippen LogP contribution in [0, 0.1) is 0 Å². The summed E-state index contributed by atoms with van der Waals surface area (Å²) >= 11 is 0. The normalized spacial score (nSPS) is 13.9. The van der Waals surface area contributed by atoms with E-state index in [-0.39, 0.29) is 18.3 Å². The van der Waals surface area contributed by atoms with Crippen LogP contribution in [0.15, 0.2) is 24.3 Å². The van der Waals surface area contributed by atoms with Crippen LogP contribution in [0.4, 0.5) is 13.2 Å². The van der Waals surface area contributed by atoms with E-state index in [0.717, 1.165) is 6.07 Å². The maximum Gasteiger partial charge on any atom is 0.416 e. The number of benzene rings is 1. The van der Waals surface area contributed by atoms with Gasteiger partial charge in [0.25, 0.3) is 0 Å². The molecule has 1 atom stereocenters. The molecule has 1 rings (SSSR count). The molecule has 3 nitrogen and oxygen atoms in total. The second kappa shape index (κ2) is 6.17. The Balaban J connectivity index is 2.98. The molecule has 0 heterocycles. The van der Waals surface area contributed by atoms with Gasteiger partial charge in [0, 0.05) is 0 Å². The Morgan fingerprint density at radius 3 is 2.39 bits per heavy atom. The second-order valence-corrected chi connectivity index (χ2v) is 4.19. The van der Waals surface area contributed by atoms with E-state index in [9.17, 15) is 13.2 Å². The van der Waals surface area contributed by atoms with Gasteiger partial charge in [-0.3, -0.25) is 11.3 Å². The van der Waals surface area contributed by atoms with Crippen LogP contribution in [0.2, 0.25) is 0 Å². The molecule has 18 heavy (non-hydrogen) atoms. The van der Waals surface area contributed by atoms with Gasteiger partial charge in [-0.15, -0.1) is 0 Å². The van der Waals surface area contributed by atoms with Crippen LogP contribution < -0.4 is 11.3 Å². The topological polar surface area (TPSA) is 47.3 Å². The van der Waals surface area contributed by atoms with Gasteiger partial charge in [0.2, 0.25) is 0 Å². The summed E-state index contributed by atoms with van der Waals surface area (Å²) in [5, 5.41) is 0. The molecule has 0 saturated carbocycles. The SMILES string of the molecule is CC(C)OCC(NN)c1ccccc1C(F)(F)F. The molecule has 0 spiro atoms. The summed E-state index contributed by atoms with van der Waals surface area (Å²) in [4.78, 5) is 0. The van der Waals surface area contributed by atoms with Crippen molar-refractivity contribution in [2.24, 2.45) is 5.84 Å². The highest BCUT2D eigenvalue weighted by Gasteiger charge is 2.34. The van der Waals surface area contributed by atoms with Crippen molar-refractivity contribution in [2.75, 3.05) is 6.61 Å². The van der Waals surface area contributed by atoms with Crippen LogP contribution in [-0.2, 0) is 10.9 Å². The van der Waals surface area contributed by atoms with Crippen molar-refractivity contribution < 1.29 is 17.9 Å². The molecule has 1 unspecified atom stereocenters. The average Bonchev–Trinajstić information content (AvgIpc) is 2.29. The third-order valence-electron chi connectivity index (χ3n) is 2.44. The average molecular weight is 262 g/mol. The van der Waals surface area contributed by atoms with E-state index in [0.29, 0.717) is 0 Å². The zero-order chi connectivity index (χ0) is 13.8. The summed E-state index contributed by atoms with van der Waals surface area (Å²) in [6, 6.07) is 4.64. The summed E-state index contributed by atoms with van der Waals surface area (Å²) < 4.78 is 43.8. The third-order valence-corrected chi connectivity index (χ3v) is 2.44. The molecular weight excluding hydrogens is 245 g/mol. The van der Waals surface area contributed by atoms with E-state index in [1.54, 1.807) is 6.07 Å². The van der Waals surface area contributed by atoms with Crippen LogP contribution in [0.5, 0.6) is 0 Å². The molecule has 102 valence electrons. The first-order chi connectivity index (χ1) is 8.36. The number of nitrogens with one attached hydrogen (secondary N) is 1. The van der Waals surface area contributed by atoms with E-state index in [4.69, 9.17) is 10.6 Å². The summed E-state index contributed by atoms with van der Waals surface area (Å²) in [5.74, 6) is 5.31. The fourth-order valence-corrected chi connectivity index (χ4v) is 1.58. The molecule has 3 N–H and O–H groups in total. The fraction of sp³-hybridized carbons (Fsp3) is 0.500. The lowest BCUT2D eigenvalue weighted by Crippen LogP contribution is -2.33. The predicted molar refractivity (Wildman–Crippen MR) is 62.6 cm³/mol. The zero-order valence-electron chi connectivity index (χ0n) is 10.3. The number of hydrazine groups is 1. The van der Waals surface area contributed by atoms with Gasteiger partial charge in [0.05, 0.1) is 24.3 Å². The number of halogens is 3. The van der Waals surface area contributed by atoms with Gasteiger partial charge in [-0.1, -0.05) is 18.2 Å². The second-order valence-electron chi connectivity index (χ2n) is 4.19. The Labute approximate surface area is 104 Å². The van der Waals surface area contributed by atoms with Gasteiger partial charge < -0.3 is 4.74 Å². The van der Waals surface area contributed by atoms with Gasteiger partial charge in [-0.05, 0) is 25.5 Å². The summed E-state index contributed by atoms with van der Waals surface area (Å²) in [7, 11) is 0. The number of rotatable bonds is 5. The monoisotopic (exact) mass is 262 g/mol. The van der Waals surface area contributed by atoms with Crippen LogP contribution in [-0.4, -0.2) is 12.7 Å². The molecule has 6 heteroatoms. The Hall–Kier alpha value is -1.11. The van der Waals surface area contributed by atoms with Gasteiger partial charge in [-0.2, -0.15) is 13.2 Å². The fourth-order valence-electron chi connectivity index (χ4n) is 1.58. The molecule has 0 radical (unpaired) electrons. The van der Waals surface area contributed by atoms with Gasteiger partial charge >= 0.3 is 6.18 Å². The van der Waals surface area contributed by atoms with Crippen molar-refractivity contribution in [3.63, 3.8) is 0 Å². The minimum Gasteiger partial charge on any atom is -0.377 e. The van der Waals surface area contributed by atoms with Crippen molar-refractivity contribution in [3.8, 4) is 0 Å². The maximum absolute atomic E-state index is 12.8. The first kappa shape index (κ1) is 14.9. The largest absolute Gasteiger partial charge is 0.416 e. The van der Waals surface area contributed by atoms with E-state index in [2.05, 4.69) is 5.43 Å². The minimum atomic E-state index is -4.40. The number of ether oxygens (including phenoxy) is 1. The molecule has 0 saturated heterocycles. The number of hydrogen-bond donors (Lipinski definition) is 2. The number of hydrogen-bond acceptors (Lipinski definition) is 3. The third kappa shape index (κ3) is 3.97. The number of alkyl halides is 3. The Morgan fingerprint density at radius 2 is 1.89 bits per heavy atom. The first-order valence-corrected chi connectivity index (χ1v) is 5.60. The molecule has 1 aromatic rings. The Morgan fingerprint density at radius 1 is 1.28 bits per heavy atom. The van der Waals surface area contributed by atoms with Crippen LogP contribution >= 0.6 is 0 Å². The van der Waals surface area contributed by atoms with Crippen molar-refractivity contribution in [1.29, 1.82) is 0 Å². The van der Waals surface area contributed by atoms with E-state index < -0.39 is 17.8 Å². The van der Waals surface area contributed by atoms with Crippen molar-refractivity contribution in [2.45, 2.75) is 32.2 Å². The Bertz CT molecular complexity index is 380. The summed E-state index contributed by atoms with van der Waals surface area (Å²) in [6.45, 7) is 3.70. The zero-order valence-corrected chi connectivity index (χ0v) is 10.3. The molecule has 0 aliphatic carbocycles. The maximum atomic E-state index is 12.8. The highest BCUT2D eigenvalue weighted by atomic mass is 19.4. The molecule has 0 aromatic heterocycles. The summed E-state index contributed by atoms with van der Waals surface area (Å²) in [6.07, 6.45) is -4.47. The summed E-state index contributed by atoms with van der Waals surface area (Å²) in [5.41, 5.74) is 1.76. The van der Waals surface area contributed by atoms with Gasteiger partial charge in [0.15, 0.2) is 0 Å². The van der Waals surface area contributed by atoms with E-state index in [1.165, 1.54) is 12.1 Å². The molecule has 0 fully saturated rings. The number of nitrogens with two attached hydrogens (primary N) is 1. The molecular formula is C12H17F3N2O. The quantitative estimate of drug-likeness (QED) is 0.633. The minimum absolute atomic E-state index is 0.0705. The lowest BCUT2D eigenvalue weighted by molar-refractivity contribution is -0.138. The van der Waals surface area contributed by atoms with Crippen LogP contribution in [0.25, 0.3) is 0 Å². The van der Waals surface area contributed by atoms with Crippen molar-refractivity contribution in [3.05, 3.63) is 35.4 Å². The highest BCUT2D eigenvalue weighted by molar-refractivity contribution is 5.32. The lowest BCUT2D eigenvalue weighted by Gasteiger charge is -2.22. The van der Waals surface area contributed by atoms with Crippen LogP contribution in [0.1, 0.15) is 31.0 Å². The lowest BCUT2D eigenvalue weighted by atomic mass is 10.0. The molecule has 0 bridgehead atoms. The van der Waals surface area contributed by atoms with E-state index in [1.807, 2.05) is 13.8 Å². The first-order valence-electron chi connectivity index (χ1n) is 5.60. The molecule has 0 aliphatic rings. The van der Waals surface area contributed by atoms with Crippen molar-refractivity contribution >= 4 is 0 Å². The van der Waals surface area contributed by atoms with Crippen LogP contribution in [0.3, 0.4) is 0 Å². The molecule has 0 amide bonds. The smallest absolute Gasteiger partial charge is 0.377 e.